The van der Waals surface area contributed by atoms with Crippen LogP contribution in [-0.2, 0) is 6.42 Å². The number of thiazole rings is 1. The number of carbonyl (C=O) groups excluding carboxylic acids is 1. The van der Waals surface area contributed by atoms with Crippen molar-refractivity contribution in [2.75, 3.05) is 6.54 Å². The second-order valence-corrected chi connectivity index (χ2v) is 6.49. The first-order chi connectivity index (χ1) is 11.2. The lowest BCUT2D eigenvalue weighted by molar-refractivity contribution is 0.0944. The summed E-state index contributed by atoms with van der Waals surface area (Å²) in [7, 11) is 0. The normalized spacial score (nSPS) is 10.7. The average molecular weight is 327 g/mol. The third-order valence-electron chi connectivity index (χ3n) is 3.32. The number of amides is 1. The summed E-state index contributed by atoms with van der Waals surface area (Å²) in [5, 5.41) is 7.79. The molecule has 0 aliphatic rings. The molecule has 0 radical (unpaired) electrons. The van der Waals surface area contributed by atoms with E-state index in [-0.39, 0.29) is 5.91 Å². The van der Waals surface area contributed by atoms with Gasteiger partial charge in [-0.1, -0.05) is 35.5 Å². The summed E-state index contributed by atoms with van der Waals surface area (Å²) < 4.78 is 5.23. The molecule has 0 saturated heterocycles. The largest absolute Gasteiger partial charge is 0.355 e. The molecule has 0 fully saturated rings. The van der Waals surface area contributed by atoms with E-state index in [0.29, 0.717) is 18.0 Å². The predicted octanol–water partition coefficient (Wildman–Crippen LogP) is 3.47. The van der Waals surface area contributed by atoms with Gasteiger partial charge in [0.1, 0.15) is 0 Å². The SMILES string of the molecule is Cc1cnc(CCCNC(=O)c2cc(-c3ccccc3)on2)s1. The van der Waals surface area contributed by atoms with Gasteiger partial charge in [0.15, 0.2) is 11.5 Å². The molecule has 1 amide bonds. The van der Waals surface area contributed by atoms with Gasteiger partial charge in [-0.25, -0.2) is 4.98 Å². The van der Waals surface area contributed by atoms with Crippen LogP contribution in [-0.4, -0.2) is 22.6 Å². The summed E-state index contributed by atoms with van der Waals surface area (Å²) in [5.74, 6) is 0.375. The van der Waals surface area contributed by atoms with Crippen LogP contribution in [0.5, 0.6) is 0 Å². The number of benzene rings is 1. The Bertz CT molecular complexity index is 780. The van der Waals surface area contributed by atoms with Crippen LogP contribution >= 0.6 is 11.3 Å². The van der Waals surface area contributed by atoms with Crippen molar-refractivity contribution >= 4 is 17.2 Å². The molecular formula is C17H17N3O2S. The molecule has 5 nitrogen and oxygen atoms in total. The Kier molecular flexibility index (Phi) is 4.83. The lowest BCUT2D eigenvalue weighted by atomic mass is 10.1. The zero-order valence-corrected chi connectivity index (χ0v) is 13.6. The Morgan fingerprint density at radius 2 is 2.13 bits per heavy atom. The van der Waals surface area contributed by atoms with Gasteiger partial charge in [0.2, 0.25) is 0 Å². The number of hydrogen-bond donors (Lipinski definition) is 1. The van der Waals surface area contributed by atoms with Crippen LogP contribution in [0.2, 0.25) is 0 Å². The van der Waals surface area contributed by atoms with Crippen molar-refractivity contribution in [2.45, 2.75) is 19.8 Å². The van der Waals surface area contributed by atoms with E-state index in [1.165, 1.54) is 4.88 Å². The summed E-state index contributed by atoms with van der Waals surface area (Å²) in [6.07, 6.45) is 3.59. The van der Waals surface area contributed by atoms with Crippen LogP contribution < -0.4 is 5.32 Å². The molecule has 0 saturated carbocycles. The first-order valence-electron chi connectivity index (χ1n) is 7.44. The van der Waals surface area contributed by atoms with E-state index in [2.05, 4.69) is 15.5 Å². The fraction of sp³-hybridized carbons (Fsp3) is 0.235. The summed E-state index contributed by atoms with van der Waals surface area (Å²) in [6.45, 7) is 2.63. The number of rotatable bonds is 6. The molecule has 23 heavy (non-hydrogen) atoms. The second kappa shape index (κ2) is 7.19. The molecule has 6 heteroatoms. The van der Waals surface area contributed by atoms with E-state index in [1.807, 2.05) is 43.5 Å². The number of aromatic nitrogens is 2. The Balaban J connectivity index is 1.50. The molecule has 2 heterocycles. The molecule has 3 rings (SSSR count). The molecule has 0 aliphatic heterocycles. The molecule has 0 unspecified atom stereocenters. The highest BCUT2D eigenvalue weighted by Gasteiger charge is 2.13. The van der Waals surface area contributed by atoms with Crippen molar-refractivity contribution in [2.24, 2.45) is 0 Å². The van der Waals surface area contributed by atoms with Crippen molar-refractivity contribution in [3.63, 3.8) is 0 Å². The van der Waals surface area contributed by atoms with E-state index in [0.717, 1.165) is 23.4 Å². The molecule has 0 bridgehead atoms. The van der Waals surface area contributed by atoms with Gasteiger partial charge in [-0.2, -0.15) is 0 Å². The van der Waals surface area contributed by atoms with E-state index >= 15 is 0 Å². The Labute approximate surface area is 138 Å². The third kappa shape index (κ3) is 4.04. The van der Waals surface area contributed by atoms with Crippen molar-refractivity contribution in [1.82, 2.24) is 15.5 Å². The van der Waals surface area contributed by atoms with Crippen LogP contribution in [0.4, 0.5) is 0 Å². The second-order valence-electron chi connectivity index (χ2n) is 5.17. The molecule has 1 N–H and O–H groups in total. The quantitative estimate of drug-likeness (QED) is 0.704. The zero-order chi connectivity index (χ0) is 16.1. The van der Waals surface area contributed by atoms with Crippen LogP contribution in [0.1, 0.15) is 26.8 Å². The zero-order valence-electron chi connectivity index (χ0n) is 12.8. The van der Waals surface area contributed by atoms with E-state index in [4.69, 9.17) is 4.52 Å². The van der Waals surface area contributed by atoms with Crippen LogP contribution in [0, 0.1) is 6.92 Å². The minimum atomic E-state index is -0.216. The van der Waals surface area contributed by atoms with Crippen molar-refractivity contribution in [3.8, 4) is 11.3 Å². The highest BCUT2D eigenvalue weighted by atomic mass is 32.1. The Morgan fingerprint density at radius 3 is 2.87 bits per heavy atom. The van der Waals surface area contributed by atoms with E-state index < -0.39 is 0 Å². The first kappa shape index (κ1) is 15.4. The smallest absolute Gasteiger partial charge is 0.273 e. The first-order valence-corrected chi connectivity index (χ1v) is 8.25. The summed E-state index contributed by atoms with van der Waals surface area (Å²) in [4.78, 5) is 17.6. The summed E-state index contributed by atoms with van der Waals surface area (Å²) in [6, 6.07) is 11.2. The van der Waals surface area contributed by atoms with Gasteiger partial charge in [-0.05, 0) is 13.3 Å². The third-order valence-corrected chi connectivity index (χ3v) is 4.30. The lowest BCUT2D eigenvalue weighted by Gasteiger charge is -2.01. The highest BCUT2D eigenvalue weighted by Crippen LogP contribution is 2.19. The Hall–Kier alpha value is -2.47. The van der Waals surface area contributed by atoms with Crippen molar-refractivity contribution in [3.05, 3.63) is 58.2 Å². The van der Waals surface area contributed by atoms with Crippen molar-refractivity contribution < 1.29 is 9.32 Å². The van der Waals surface area contributed by atoms with Gasteiger partial charge in [-0.3, -0.25) is 4.79 Å². The number of nitrogens with zero attached hydrogens (tertiary/aromatic N) is 2. The molecule has 2 aromatic heterocycles. The Morgan fingerprint density at radius 1 is 1.30 bits per heavy atom. The maximum absolute atomic E-state index is 12.1. The lowest BCUT2D eigenvalue weighted by Crippen LogP contribution is -2.25. The molecule has 3 aromatic rings. The monoisotopic (exact) mass is 327 g/mol. The van der Waals surface area contributed by atoms with Gasteiger partial charge in [0.25, 0.3) is 5.91 Å². The van der Waals surface area contributed by atoms with Crippen LogP contribution in [0.25, 0.3) is 11.3 Å². The van der Waals surface area contributed by atoms with Crippen LogP contribution in [0.3, 0.4) is 0 Å². The average Bonchev–Trinajstić information content (AvgIpc) is 3.21. The number of hydrogen-bond acceptors (Lipinski definition) is 5. The standard InChI is InChI=1S/C17H17N3O2S/c1-12-11-19-16(23-12)8-5-9-18-17(21)14-10-15(22-20-14)13-6-3-2-4-7-13/h2-4,6-7,10-11H,5,8-9H2,1H3,(H,18,21). The molecule has 118 valence electrons. The van der Waals surface area contributed by atoms with E-state index in [1.54, 1.807) is 17.4 Å². The fourth-order valence-corrected chi connectivity index (χ4v) is 3.00. The minimum absolute atomic E-state index is 0.216. The minimum Gasteiger partial charge on any atom is -0.355 e. The number of nitrogens with one attached hydrogen (secondary N) is 1. The van der Waals surface area contributed by atoms with E-state index in [9.17, 15) is 4.79 Å². The van der Waals surface area contributed by atoms with Gasteiger partial charge in [0, 0.05) is 35.7 Å². The predicted molar refractivity (Wildman–Crippen MR) is 89.4 cm³/mol. The van der Waals surface area contributed by atoms with Crippen LogP contribution in [0.15, 0.2) is 47.1 Å². The number of aryl methyl sites for hydroxylation is 2. The van der Waals surface area contributed by atoms with Gasteiger partial charge in [0.05, 0.1) is 5.01 Å². The molecule has 0 aliphatic carbocycles. The number of carbonyl (C=O) groups is 1. The topological polar surface area (TPSA) is 68.0 Å². The molecule has 0 atom stereocenters. The molecular weight excluding hydrogens is 310 g/mol. The molecule has 1 aromatic carbocycles. The summed E-state index contributed by atoms with van der Waals surface area (Å²) in [5.41, 5.74) is 1.20. The van der Waals surface area contributed by atoms with Gasteiger partial charge < -0.3 is 9.84 Å². The highest BCUT2D eigenvalue weighted by molar-refractivity contribution is 7.11. The fourth-order valence-electron chi connectivity index (χ4n) is 2.17. The van der Waals surface area contributed by atoms with Crippen molar-refractivity contribution in [1.29, 1.82) is 0 Å². The molecule has 0 spiro atoms. The maximum atomic E-state index is 12.1. The maximum Gasteiger partial charge on any atom is 0.273 e. The summed E-state index contributed by atoms with van der Waals surface area (Å²) >= 11 is 1.69. The van der Waals surface area contributed by atoms with Gasteiger partial charge >= 0.3 is 0 Å². The van der Waals surface area contributed by atoms with Gasteiger partial charge in [-0.15, -0.1) is 11.3 Å².